The minimum atomic E-state index is -0.907. The summed E-state index contributed by atoms with van der Waals surface area (Å²) in [7, 11) is 0. The summed E-state index contributed by atoms with van der Waals surface area (Å²) in [6, 6.07) is 3.23. The van der Waals surface area contributed by atoms with Crippen molar-refractivity contribution in [2.45, 2.75) is 19.3 Å². The van der Waals surface area contributed by atoms with E-state index < -0.39 is 5.97 Å². The van der Waals surface area contributed by atoms with Crippen LogP contribution in [0.4, 0.5) is 0 Å². The van der Waals surface area contributed by atoms with Crippen LogP contribution in [0.1, 0.15) is 28.9 Å². The van der Waals surface area contributed by atoms with Gasteiger partial charge in [0.15, 0.2) is 0 Å². The minimum absolute atomic E-state index is 0.290. The maximum absolute atomic E-state index is 10.9. The van der Waals surface area contributed by atoms with Crippen LogP contribution in [0.3, 0.4) is 0 Å². The van der Waals surface area contributed by atoms with E-state index in [1.807, 2.05) is 22.4 Å². The highest BCUT2D eigenvalue weighted by atomic mass is 32.2. The van der Waals surface area contributed by atoms with E-state index in [0.29, 0.717) is 5.92 Å². The van der Waals surface area contributed by atoms with Gasteiger partial charge in [0.25, 0.3) is 0 Å². The largest absolute Gasteiger partial charge is 0.478 e. The van der Waals surface area contributed by atoms with Crippen molar-refractivity contribution in [2.24, 2.45) is 5.92 Å². The van der Waals surface area contributed by atoms with Gasteiger partial charge in [0.2, 0.25) is 0 Å². The zero-order chi connectivity index (χ0) is 13.2. The monoisotopic (exact) mass is 276 g/mol. The van der Waals surface area contributed by atoms with Gasteiger partial charge in [0, 0.05) is 12.4 Å². The molecule has 0 amide bonds. The Morgan fingerprint density at radius 3 is 3.21 bits per heavy atom. The number of carboxylic acid groups (broad SMARTS) is 1. The molecular weight excluding hydrogens is 260 g/mol. The molecular formula is C14H16N2O2S. The number of aromatic carboxylic acids is 1. The molecule has 19 heavy (non-hydrogen) atoms. The van der Waals surface area contributed by atoms with Gasteiger partial charge in [-0.05, 0) is 48.8 Å². The highest BCUT2D eigenvalue weighted by Crippen LogP contribution is 2.25. The van der Waals surface area contributed by atoms with Crippen LogP contribution in [0.5, 0.6) is 0 Å². The highest BCUT2D eigenvalue weighted by molar-refractivity contribution is 7.99. The smallest absolute Gasteiger partial charge is 0.335 e. The van der Waals surface area contributed by atoms with E-state index in [0.717, 1.165) is 17.8 Å². The highest BCUT2D eigenvalue weighted by Gasteiger charge is 2.16. The van der Waals surface area contributed by atoms with Crippen LogP contribution in [0, 0.1) is 5.92 Å². The van der Waals surface area contributed by atoms with Gasteiger partial charge in [-0.1, -0.05) is 0 Å². The molecule has 100 valence electrons. The van der Waals surface area contributed by atoms with Gasteiger partial charge in [0.1, 0.15) is 5.65 Å². The molecule has 1 aliphatic rings. The predicted octanol–water partition coefficient (Wildman–Crippen LogP) is 2.72. The van der Waals surface area contributed by atoms with Gasteiger partial charge in [-0.25, -0.2) is 9.78 Å². The second kappa shape index (κ2) is 5.25. The number of hydrogen-bond acceptors (Lipinski definition) is 3. The van der Waals surface area contributed by atoms with Gasteiger partial charge in [0.05, 0.1) is 11.3 Å². The number of aromatic nitrogens is 2. The first-order chi connectivity index (χ1) is 9.22. The Morgan fingerprint density at radius 2 is 2.47 bits per heavy atom. The molecule has 0 radical (unpaired) electrons. The molecule has 0 aromatic carbocycles. The Balaban J connectivity index is 1.82. The van der Waals surface area contributed by atoms with Gasteiger partial charge in [-0.3, -0.25) is 0 Å². The fraction of sp³-hybridized carbons (Fsp3) is 0.429. The molecule has 0 aliphatic carbocycles. The summed E-state index contributed by atoms with van der Waals surface area (Å²) in [5.41, 5.74) is 2.08. The number of carbonyl (C=O) groups is 1. The number of pyridine rings is 1. The third-order valence-corrected chi connectivity index (χ3v) is 4.79. The lowest BCUT2D eigenvalue weighted by atomic mass is 10.00. The summed E-state index contributed by atoms with van der Waals surface area (Å²) < 4.78 is 1.90. The molecule has 1 atom stereocenters. The van der Waals surface area contributed by atoms with E-state index >= 15 is 0 Å². The number of fused-ring (bicyclic) bond motifs is 1. The first-order valence-corrected chi connectivity index (χ1v) is 7.66. The molecule has 1 aliphatic heterocycles. The van der Waals surface area contributed by atoms with Crippen LogP contribution in [0.15, 0.2) is 24.5 Å². The molecule has 1 fully saturated rings. The first kappa shape index (κ1) is 12.5. The van der Waals surface area contributed by atoms with Crippen molar-refractivity contribution < 1.29 is 9.90 Å². The number of nitrogens with zero attached hydrogens (tertiary/aromatic N) is 2. The van der Waals surface area contributed by atoms with Crippen molar-refractivity contribution in [3.63, 3.8) is 0 Å². The molecule has 3 heterocycles. The molecule has 0 saturated carbocycles. The van der Waals surface area contributed by atoms with Crippen LogP contribution in [0.2, 0.25) is 0 Å². The molecule has 5 heteroatoms. The Hall–Kier alpha value is -1.49. The van der Waals surface area contributed by atoms with E-state index in [9.17, 15) is 4.79 Å². The average Bonchev–Trinajstić information content (AvgIpc) is 2.80. The van der Waals surface area contributed by atoms with Crippen molar-refractivity contribution in [1.82, 2.24) is 9.38 Å². The zero-order valence-electron chi connectivity index (χ0n) is 10.6. The fourth-order valence-electron chi connectivity index (χ4n) is 2.53. The molecule has 2 aromatic heterocycles. The van der Waals surface area contributed by atoms with Crippen LogP contribution in [-0.2, 0) is 6.42 Å². The fourth-order valence-corrected chi connectivity index (χ4v) is 3.69. The summed E-state index contributed by atoms with van der Waals surface area (Å²) in [5.74, 6) is 2.30. The average molecular weight is 276 g/mol. The van der Waals surface area contributed by atoms with Gasteiger partial charge in [-0.15, -0.1) is 0 Å². The maximum atomic E-state index is 10.9. The number of rotatable bonds is 3. The molecule has 0 spiro atoms. The lowest BCUT2D eigenvalue weighted by Gasteiger charge is -2.19. The standard InChI is InChI=1S/C14H16N2O2S/c17-14(18)11-3-4-16-8-12(15-13(16)7-11)6-10-2-1-5-19-9-10/h3-4,7-8,10H,1-2,5-6,9H2,(H,17,18). The molecule has 0 bridgehead atoms. The summed E-state index contributed by atoms with van der Waals surface area (Å²) in [4.78, 5) is 15.5. The van der Waals surface area contributed by atoms with Crippen molar-refractivity contribution in [2.75, 3.05) is 11.5 Å². The number of hydrogen-bond donors (Lipinski definition) is 1. The summed E-state index contributed by atoms with van der Waals surface area (Å²) in [6.45, 7) is 0. The minimum Gasteiger partial charge on any atom is -0.478 e. The quantitative estimate of drug-likeness (QED) is 0.936. The molecule has 4 nitrogen and oxygen atoms in total. The lowest BCUT2D eigenvalue weighted by molar-refractivity contribution is 0.0697. The SMILES string of the molecule is O=C(O)c1ccn2cc(CC3CCCSC3)nc2c1. The van der Waals surface area contributed by atoms with E-state index in [4.69, 9.17) is 5.11 Å². The number of thioether (sulfide) groups is 1. The number of imidazole rings is 1. The Labute approximate surface area is 115 Å². The third-order valence-electron chi connectivity index (χ3n) is 3.51. The van der Waals surface area contributed by atoms with Gasteiger partial charge in [-0.2, -0.15) is 11.8 Å². The lowest BCUT2D eigenvalue weighted by Crippen LogP contribution is -2.13. The summed E-state index contributed by atoms with van der Waals surface area (Å²) in [6.07, 6.45) is 7.36. The van der Waals surface area contributed by atoms with Gasteiger partial charge < -0.3 is 9.51 Å². The Morgan fingerprint density at radius 1 is 1.58 bits per heavy atom. The van der Waals surface area contributed by atoms with Crippen LogP contribution < -0.4 is 0 Å². The molecule has 1 N–H and O–H groups in total. The Bertz CT molecular complexity index is 603. The first-order valence-electron chi connectivity index (χ1n) is 6.51. The maximum Gasteiger partial charge on any atom is 0.335 e. The topological polar surface area (TPSA) is 54.6 Å². The predicted molar refractivity (Wildman–Crippen MR) is 75.9 cm³/mol. The second-order valence-corrected chi connectivity index (χ2v) is 6.16. The summed E-state index contributed by atoms with van der Waals surface area (Å²) >= 11 is 2.02. The zero-order valence-corrected chi connectivity index (χ0v) is 11.4. The van der Waals surface area contributed by atoms with Crippen molar-refractivity contribution in [3.05, 3.63) is 35.8 Å². The van der Waals surface area contributed by atoms with Gasteiger partial charge >= 0.3 is 5.97 Å². The van der Waals surface area contributed by atoms with E-state index in [-0.39, 0.29) is 5.56 Å². The number of carboxylic acids is 1. The molecule has 1 saturated heterocycles. The molecule has 1 unspecified atom stereocenters. The molecule has 3 rings (SSSR count). The van der Waals surface area contributed by atoms with E-state index in [2.05, 4.69) is 4.98 Å². The van der Waals surface area contributed by atoms with Crippen LogP contribution in [0.25, 0.3) is 5.65 Å². The van der Waals surface area contributed by atoms with Crippen LogP contribution >= 0.6 is 11.8 Å². The second-order valence-electron chi connectivity index (χ2n) is 5.01. The van der Waals surface area contributed by atoms with Crippen molar-refractivity contribution in [1.29, 1.82) is 0 Å². The normalized spacial score (nSPS) is 19.7. The van der Waals surface area contributed by atoms with E-state index in [1.165, 1.54) is 24.3 Å². The van der Waals surface area contributed by atoms with Crippen molar-refractivity contribution >= 4 is 23.4 Å². The molecule has 2 aromatic rings. The third kappa shape index (κ3) is 2.76. The van der Waals surface area contributed by atoms with Crippen LogP contribution in [-0.4, -0.2) is 32.0 Å². The van der Waals surface area contributed by atoms with Crippen molar-refractivity contribution in [3.8, 4) is 0 Å². The summed E-state index contributed by atoms with van der Waals surface area (Å²) in [5, 5.41) is 8.97. The Kier molecular flexibility index (Phi) is 3.46. The van der Waals surface area contributed by atoms with E-state index in [1.54, 1.807) is 18.3 Å².